The SMILES string of the molecule is COCC1CCN(c2c(C#N)cnc3ccccc23)CC1. The predicted molar refractivity (Wildman–Crippen MR) is 83.3 cm³/mol. The summed E-state index contributed by atoms with van der Waals surface area (Å²) in [7, 11) is 1.76. The second-order valence-corrected chi connectivity index (χ2v) is 5.54. The van der Waals surface area contributed by atoms with Gasteiger partial charge in [-0.3, -0.25) is 4.98 Å². The molecule has 1 aromatic carbocycles. The van der Waals surface area contributed by atoms with Gasteiger partial charge in [-0.1, -0.05) is 18.2 Å². The number of fused-ring (bicyclic) bond motifs is 1. The van der Waals surface area contributed by atoms with Crippen molar-refractivity contribution in [3.05, 3.63) is 36.0 Å². The Morgan fingerprint density at radius 1 is 1.33 bits per heavy atom. The van der Waals surface area contributed by atoms with E-state index in [1.807, 2.05) is 18.2 Å². The van der Waals surface area contributed by atoms with Gasteiger partial charge >= 0.3 is 0 Å². The summed E-state index contributed by atoms with van der Waals surface area (Å²) in [6.45, 7) is 2.77. The normalized spacial score (nSPS) is 16.1. The van der Waals surface area contributed by atoms with Gasteiger partial charge in [-0.2, -0.15) is 5.26 Å². The molecule has 4 heteroatoms. The smallest absolute Gasteiger partial charge is 0.103 e. The maximum Gasteiger partial charge on any atom is 0.103 e. The van der Waals surface area contributed by atoms with Crippen molar-refractivity contribution in [1.29, 1.82) is 5.26 Å². The summed E-state index contributed by atoms with van der Waals surface area (Å²) in [6.07, 6.45) is 3.91. The van der Waals surface area contributed by atoms with Crippen LogP contribution in [0.3, 0.4) is 0 Å². The zero-order valence-electron chi connectivity index (χ0n) is 12.2. The molecule has 0 atom stereocenters. The highest BCUT2D eigenvalue weighted by Gasteiger charge is 2.22. The summed E-state index contributed by atoms with van der Waals surface area (Å²) < 4.78 is 5.26. The van der Waals surface area contributed by atoms with Crippen LogP contribution < -0.4 is 4.90 Å². The number of rotatable bonds is 3. The molecule has 1 saturated heterocycles. The molecule has 3 rings (SSSR count). The molecule has 1 aromatic heterocycles. The number of pyridine rings is 1. The molecule has 0 N–H and O–H groups in total. The molecule has 108 valence electrons. The van der Waals surface area contributed by atoms with Crippen molar-refractivity contribution in [2.75, 3.05) is 31.7 Å². The number of piperidine rings is 1. The molecule has 0 saturated carbocycles. The minimum Gasteiger partial charge on any atom is -0.384 e. The average molecular weight is 281 g/mol. The summed E-state index contributed by atoms with van der Waals surface area (Å²) in [6, 6.07) is 10.3. The van der Waals surface area contributed by atoms with Crippen LogP contribution in [0.25, 0.3) is 10.9 Å². The fourth-order valence-electron chi connectivity index (χ4n) is 3.11. The molecule has 0 bridgehead atoms. The molecule has 0 amide bonds. The molecular weight excluding hydrogens is 262 g/mol. The van der Waals surface area contributed by atoms with Crippen LogP contribution in [0, 0.1) is 17.2 Å². The number of hydrogen-bond acceptors (Lipinski definition) is 4. The van der Waals surface area contributed by atoms with Crippen LogP contribution in [0.5, 0.6) is 0 Å². The average Bonchev–Trinajstić information content (AvgIpc) is 2.55. The van der Waals surface area contributed by atoms with Gasteiger partial charge in [-0.25, -0.2) is 0 Å². The molecule has 0 aliphatic carbocycles. The number of nitrogens with zero attached hydrogens (tertiary/aromatic N) is 3. The highest BCUT2D eigenvalue weighted by molar-refractivity contribution is 5.94. The topological polar surface area (TPSA) is 49.1 Å². The lowest BCUT2D eigenvalue weighted by Crippen LogP contribution is -2.35. The van der Waals surface area contributed by atoms with E-state index in [-0.39, 0.29) is 0 Å². The molecule has 1 fully saturated rings. The summed E-state index contributed by atoms with van der Waals surface area (Å²) in [5, 5.41) is 10.5. The summed E-state index contributed by atoms with van der Waals surface area (Å²) in [5.41, 5.74) is 2.66. The van der Waals surface area contributed by atoms with Crippen LogP contribution in [0.4, 0.5) is 5.69 Å². The van der Waals surface area contributed by atoms with Crippen LogP contribution in [0.2, 0.25) is 0 Å². The number of benzene rings is 1. The number of methoxy groups -OCH3 is 1. The summed E-state index contributed by atoms with van der Waals surface area (Å²) >= 11 is 0. The molecule has 0 unspecified atom stereocenters. The van der Waals surface area contributed by atoms with Gasteiger partial charge in [0, 0.05) is 38.4 Å². The molecule has 1 aliphatic rings. The van der Waals surface area contributed by atoms with Gasteiger partial charge in [0.05, 0.1) is 16.8 Å². The Morgan fingerprint density at radius 3 is 2.81 bits per heavy atom. The number of ether oxygens (including phenoxy) is 1. The Morgan fingerprint density at radius 2 is 2.10 bits per heavy atom. The van der Waals surface area contributed by atoms with Crippen molar-refractivity contribution in [3.8, 4) is 6.07 Å². The van der Waals surface area contributed by atoms with Crippen LogP contribution in [0.15, 0.2) is 30.5 Å². The Kier molecular flexibility index (Phi) is 4.03. The number of aromatic nitrogens is 1. The van der Waals surface area contributed by atoms with E-state index in [2.05, 4.69) is 22.0 Å². The Balaban J connectivity index is 1.95. The first-order valence-electron chi connectivity index (χ1n) is 7.35. The number of nitriles is 1. The monoisotopic (exact) mass is 281 g/mol. The molecule has 2 heterocycles. The molecule has 2 aromatic rings. The van der Waals surface area contributed by atoms with E-state index in [0.29, 0.717) is 11.5 Å². The standard InChI is InChI=1S/C17H19N3O/c1-21-12-13-6-8-20(9-7-13)17-14(10-18)11-19-16-5-3-2-4-15(16)17/h2-5,11,13H,6-9,12H2,1H3. The first-order chi connectivity index (χ1) is 10.3. The second kappa shape index (κ2) is 6.11. The van der Waals surface area contributed by atoms with E-state index < -0.39 is 0 Å². The van der Waals surface area contributed by atoms with Crippen molar-refractivity contribution in [3.63, 3.8) is 0 Å². The quantitative estimate of drug-likeness (QED) is 0.868. The van der Waals surface area contributed by atoms with Crippen molar-refractivity contribution in [2.24, 2.45) is 5.92 Å². The molecular formula is C17H19N3O. The molecule has 1 aliphatic heterocycles. The third-order valence-electron chi connectivity index (χ3n) is 4.20. The fraction of sp³-hybridized carbons (Fsp3) is 0.412. The fourth-order valence-corrected chi connectivity index (χ4v) is 3.11. The van der Waals surface area contributed by atoms with E-state index in [0.717, 1.165) is 49.1 Å². The minimum atomic E-state index is 0.630. The first-order valence-corrected chi connectivity index (χ1v) is 7.35. The molecule has 21 heavy (non-hydrogen) atoms. The summed E-state index contributed by atoms with van der Waals surface area (Å²) in [4.78, 5) is 6.71. The Labute approximate surface area is 125 Å². The predicted octanol–water partition coefficient (Wildman–Crippen LogP) is 2.97. The van der Waals surface area contributed by atoms with Gasteiger partial charge in [-0.05, 0) is 24.8 Å². The van der Waals surface area contributed by atoms with Crippen molar-refractivity contribution in [2.45, 2.75) is 12.8 Å². The zero-order valence-corrected chi connectivity index (χ0v) is 12.2. The van der Waals surface area contributed by atoms with E-state index >= 15 is 0 Å². The first kappa shape index (κ1) is 13.8. The maximum absolute atomic E-state index is 9.41. The maximum atomic E-state index is 9.41. The van der Waals surface area contributed by atoms with E-state index in [1.165, 1.54) is 0 Å². The van der Waals surface area contributed by atoms with Crippen molar-refractivity contribution >= 4 is 16.6 Å². The molecule has 0 spiro atoms. The van der Waals surface area contributed by atoms with Crippen molar-refractivity contribution in [1.82, 2.24) is 4.98 Å². The van der Waals surface area contributed by atoms with Gasteiger partial charge < -0.3 is 9.64 Å². The van der Waals surface area contributed by atoms with Gasteiger partial charge in [0.2, 0.25) is 0 Å². The minimum absolute atomic E-state index is 0.630. The highest BCUT2D eigenvalue weighted by Crippen LogP contribution is 2.32. The van der Waals surface area contributed by atoms with Crippen LogP contribution >= 0.6 is 0 Å². The lowest BCUT2D eigenvalue weighted by molar-refractivity contribution is 0.139. The Hall–Kier alpha value is -2.12. The third-order valence-corrected chi connectivity index (χ3v) is 4.20. The lowest BCUT2D eigenvalue weighted by Gasteiger charge is -2.34. The van der Waals surface area contributed by atoms with E-state index in [4.69, 9.17) is 4.74 Å². The summed E-state index contributed by atoms with van der Waals surface area (Å²) in [5.74, 6) is 0.630. The Bertz CT molecular complexity index is 669. The van der Waals surface area contributed by atoms with E-state index in [1.54, 1.807) is 13.3 Å². The van der Waals surface area contributed by atoms with Gasteiger partial charge in [-0.15, -0.1) is 0 Å². The van der Waals surface area contributed by atoms with Crippen molar-refractivity contribution < 1.29 is 4.74 Å². The highest BCUT2D eigenvalue weighted by atomic mass is 16.5. The third kappa shape index (κ3) is 2.70. The molecule has 0 radical (unpaired) electrons. The van der Waals surface area contributed by atoms with Crippen LogP contribution in [-0.4, -0.2) is 31.8 Å². The largest absolute Gasteiger partial charge is 0.384 e. The van der Waals surface area contributed by atoms with Gasteiger partial charge in [0.25, 0.3) is 0 Å². The lowest BCUT2D eigenvalue weighted by atomic mass is 9.96. The van der Waals surface area contributed by atoms with Crippen LogP contribution in [0.1, 0.15) is 18.4 Å². The number of anilines is 1. The van der Waals surface area contributed by atoms with Gasteiger partial charge in [0.15, 0.2) is 0 Å². The second-order valence-electron chi connectivity index (χ2n) is 5.54. The number of para-hydroxylation sites is 1. The molecule has 4 nitrogen and oxygen atoms in total. The zero-order chi connectivity index (χ0) is 14.7. The van der Waals surface area contributed by atoms with E-state index in [9.17, 15) is 5.26 Å². The van der Waals surface area contributed by atoms with Crippen LogP contribution in [-0.2, 0) is 4.74 Å². The number of hydrogen-bond donors (Lipinski definition) is 0. The van der Waals surface area contributed by atoms with Gasteiger partial charge in [0.1, 0.15) is 6.07 Å².